The molecule has 4 N–H and O–H groups in total. The molecule has 0 saturated heterocycles. The van der Waals surface area contributed by atoms with Gasteiger partial charge in [-0.15, -0.1) is 0 Å². The molecule has 1 aliphatic rings. The Bertz CT molecular complexity index is 1440. The van der Waals surface area contributed by atoms with Crippen molar-refractivity contribution in [3.63, 3.8) is 0 Å². The van der Waals surface area contributed by atoms with Crippen LogP contribution in [0, 0.1) is 0 Å². The van der Waals surface area contributed by atoms with Crippen LogP contribution in [0.1, 0.15) is 92.4 Å². The van der Waals surface area contributed by atoms with Gasteiger partial charge >= 0.3 is 0 Å². The Kier molecular flexibility index (Phi) is 14.4. The van der Waals surface area contributed by atoms with E-state index < -0.39 is 0 Å². The molecule has 280 valence electrons. The van der Waals surface area contributed by atoms with Gasteiger partial charge in [-0.25, -0.2) is 0 Å². The molecule has 0 aromatic heterocycles. The fraction of sp³-hybridized carbons (Fsp3) is 0.455. The van der Waals surface area contributed by atoms with E-state index in [1.165, 1.54) is 0 Å². The summed E-state index contributed by atoms with van der Waals surface area (Å²) >= 11 is 0. The minimum absolute atomic E-state index is 0.107. The number of hydrogen-bond donors (Lipinski definition) is 4. The smallest absolute Gasteiger partial charge is 0.125 e. The van der Waals surface area contributed by atoms with Crippen LogP contribution in [0.5, 0.6) is 23.0 Å². The summed E-state index contributed by atoms with van der Waals surface area (Å²) in [7, 11) is 6.90. The van der Waals surface area contributed by atoms with Crippen LogP contribution in [0.25, 0.3) is 0 Å². The topological polar surface area (TPSA) is 118 Å². The molecule has 4 aromatic rings. The quantitative estimate of drug-likeness (QED) is 0.0971. The first-order valence-electron chi connectivity index (χ1n) is 18.6. The standard InChI is InChI=1S/C44H56O8/c1-49-41-33-17-29(9-5-13-45)18-34(41)26-36-20-31(11-7-15-47)22-38(43(36)51-3)28-40-24-32(12-8-16-48)23-39(44(40)52-4)27-37-21-30(10-6-14-46)19-35(25-33)42(37)50-2/h17-24,45-48H,5-16,25-28H2,1-4H3. The third-order valence-corrected chi connectivity index (χ3v) is 10.0. The summed E-state index contributed by atoms with van der Waals surface area (Å²) in [4.78, 5) is 0. The van der Waals surface area contributed by atoms with Gasteiger partial charge in [0.15, 0.2) is 0 Å². The van der Waals surface area contributed by atoms with E-state index in [0.717, 1.165) is 115 Å². The predicted octanol–water partition coefficient (Wildman–Crippen LogP) is 6.10. The Hall–Kier alpha value is -4.08. The fourth-order valence-electron chi connectivity index (χ4n) is 7.94. The van der Waals surface area contributed by atoms with Gasteiger partial charge in [0, 0.05) is 52.1 Å². The number of aryl methyl sites for hydroxylation is 4. The van der Waals surface area contributed by atoms with Crippen molar-refractivity contribution >= 4 is 0 Å². The number of aliphatic hydroxyl groups is 4. The van der Waals surface area contributed by atoms with Crippen LogP contribution in [0.3, 0.4) is 0 Å². The zero-order valence-corrected chi connectivity index (χ0v) is 31.4. The van der Waals surface area contributed by atoms with Gasteiger partial charge in [-0.2, -0.15) is 0 Å². The van der Waals surface area contributed by atoms with Crippen molar-refractivity contribution in [3.8, 4) is 23.0 Å². The molecule has 0 atom stereocenters. The van der Waals surface area contributed by atoms with Gasteiger partial charge in [0.05, 0.1) is 28.4 Å². The van der Waals surface area contributed by atoms with Crippen LogP contribution in [0.15, 0.2) is 48.5 Å². The summed E-state index contributed by atoms with van der Waals surface area (Å²) in [6.45, 7) is 0.429. The Labute approximate surface area is 309 Å². The average molecular weight is 713 g/mol. The molecule has 0 saturated carbocycles. The van der Waals surface area contributed by atoms with Crippen molar-refractivity contribution < 1.29 is 39.4 Å². The third kappa shape index (κ3) is 9.28. The maximum atomic E-state index is 9.76. The van der Waals surface area contributed by atoms with Crippen LogP contribution >= 0.6 is 0 Å². The van der Waals surface area contributed by atoms with Crippen LogP contribution in [-0.4, -0.2) is 75.3 Å². The number of hydrogen-bond acceptors (Lipinski definition) is 8. The highest BCUT2D eigenvalue weighted by Crippen LogP contribution is 2.40. The maximum absolute atomic E-state index is 9.76. The zero-order valence-electron chi connectivity index (χ0n) is 31.4. The Morgan fingerprint density at radius 3 is 0.654 bits per heavy atom. The number of fused-ring (bicyclic) bond motifs is 8. The molecule has 0 radical (unpaired) electrons. The number of methoxy groups -OCH3 is 4. The zero-order chi connectivity index (χ0) is 37.0. The highest BCUT2D eigenvalue weighted by atomic mass is 16.5. The van der Waals surface area contributed by atoms with E-state index in [9.17, 15) is 20.4 Å². The van der Waals surface area contributed by atoms with Crippen molar-refractivity contribution in [1.82, 2.24) is 0 Å². The lowest BCUT2D eigenvalue weighted by Crippen LogP contribution is -2.09. The van der Waals surface area contributed by atoms with Crippen molar-refractivity contribution in [1.29, 1.82) is 0 Å². The second kappa shape index (κ2) is 19.1. The molecule has 0 amide bonds. The lowest BCUT2D eigenvalue weighted by molar-refractivity contribution is 0.288. The summed E-state index contributed by atoms with van der Waals surface area (Å²) in [6.07, 6.45) is 7.76. The van der Waals surface area contributed by atoms with Gasteiger partial charge in [-0.1, -0.05) is 48.5 Å². The summed E-state index contributed by atoms with van der Waals surface area (Å²) in [5, 5.41) is 39.0. The van der Waals surface area contributed by atoms with E-state index in [2.05, 4.69) is 48.5 Å². The lowest BCUT2D eigenvalue weighted by atomic mass is 9.87. The fourth-order valence-corrected chi connectivity index (χ4v) is 7.94. The summed E-state index contributed by atoms with van der Waals surface area (Å²) < 4.78 is 25.0. The van der Waals surface area contributed by atoms with Crippen molar-refractivity contribution in [2.45, 2.75) is 77.0 Å². The molecule has 1 aliphatic carbocycles. The van der Waals surface area contributed by atoms with Crippen LogP contribution < -0.4 is 18.9 Å². The monoisotopic (exact) mass is 712 g/mol. The first kappa shape index (κ1) is 39.1. The number of benzene rings is 4. The van der Waals surface area contributed by atoms with Crippen LogP contribution in [0.4, 0.5) is 0 Å². The second-order valence-electron chi connectivity index (χ2n) is 13.8. The first-order valence-corrected chi connectivity index (χ1v) is 18.6. The molecule has 8 nitrogen and oxygen atoms in total. The highest BCUT2D eigenvalue weighted by molar-refractivity contribution is 5.58. The minimum Gasteiger partial charge on any atom is -0.496 e. The van der Waals surface area contributed by atoms with Gasteiger partial charge in [0.2, 0.25) is 0 Å². The Balaban J connectivity index is 1.85. The van der Waals surface area contributed by atoms with Crippen LogP contribution in [-0.2, 0) is 51.4 Å². The molecule has 0 fully saturated rings. The molecule has 52 heavy (non-hydrogen) atoms. The predicted molar refractivity (Wildman–Crippen MR) is 205 cm³/mol. The summed E-state index contributed by atoms with van der Waals surface area (Å²) in [5.74, 6) is 3.26. The number of rotatable bonds is 16. The molecular formula is C44H56O8. The summed E-state index contributed by atoms with van der Waals surface area (Å²) in [5.41, 5.74) is 12.8. The van der Waals surface area contributed by atoms with E-state index >= 15 is 0 Å². The van der Waals surface area contributed by atoms with Gasteiger partial charge in [-0.05, 0) is 118 Å². The van der Waals surface area contributed by atoms with Gasteiger partial charge in [0.1, 0.15) is 23.0 Å². The Morgan fingerprint density at radius 2 is 0.519 bits per heavy atom. The van der Waals surface area contributed by atoms with E-state index in [0.29, 0.717) is 51.4 Å². The molecule has 0 aliphatic heterocycles. The minimum atomic E-state index is 0.107. The highest BCUT2D eigenvalue weighted by Gasteiger charge is 2.23. The largest absolute Gasteiger partial charge is 0.496 e. The van der Waals surface area contributed by atoms with Crippen LogP contribution in [0.2, 0.25) is 0 Å². The number of ether oxygens (including phenoxy) is 4. The molecule has 0 heterocycles. The molecule has 8 bridgehead atoms. The summed E-state index contributed by atoms with van der Waals surface area (Å²) in [6, 6.07) is 17.6. The average Bonchev–Trinajstić information content (AvgIpc) is 3.14. The molecule has 4 aromatic carbocycles. The van der Waals surface area contributed by atoms with E-state index in [1.54, 1.807) is 28.4 Å². The lowest BCUT2D eigenvalue weighted by Gasteiger charge is -2.23. The number of aliphatic hydroxyl groups excluding tert-OH is 4. The Morgan fingerprint density at radius 1 is 0.346 bits per heavy atom. The van der Waals surface area contributed by atoms with Gasteiger partial charge < -0.3 is 39.4 Å². The molecule has 8 heteroatoms. The first-order chi connectivity index (χ1) is 25.4. The van der Waals surface area contributed by atoms with Crippen molar-refractivity contribution in [2.24, 2.45) is 0 Å². The van der Waals surface area contributed by atoms with E-state index in [-0.39, 0.29) is 26.4 Å². The maximum Gasteiger partial charge on any atom is 0.125 e. The molecule has 5 rings (SSSR count). The second-order valence-corrected chi connectivity index (χ2v) is 13.8. The molecule has 0 unspecified atom stereocenters. The normalized spacial score (nSPS) is 12.5. The third-order valence-electron chi connectivity index (χ3n) is 10.0. The van der Waals surface area contributed by atoms with Gasteiger partial charge in [0.25, 0.3) is 0 Å². The molecule has 0 spiro atoms. The van der Waals surface area contributed by atoms with Crippen molar-refractivity contribution in [2.75, 3.05) is 54.9 Å². The van der Waals surface area contributed by atoms with Gasteiger partial charge in [-0.3, -0.25) is 0 Å². The van der Waals surface area contributed by atoms with E-state index in [4.69, 9.17) is 18.9 Å². The SMILES string of the molecule is COc1c2cc(CCCO)cc1Cc1cc(CCCO)cc(c1OC)Cc1cc(CCCO)cc(c1OC)Cc1cc(CCCO)cc(c1OC)C2. The van der Waals surface area contributed by atoms with E-state index in [1.807, 2.05) is 0 Å². The van der Waals surface area contributed by atoms with Crippen molar-refractivity contribution in [3.05, 3.63) is 115 Å². The molecular weight excluding hydrogens is 656 g/mol.